The fraction of sp³-hybridized carbons (Fsp3) is 0.250. The molecular formula is C16H20ClN3. The van der Waals surface area contributed by atoms with Crippen LogP contribution in [-0.4, -0.2) is 14.5 Å². The van der Waals surface area contributed by atoms with Crippen molar-refractivity contribution in [3.8, 4) is 0 Å². The number of benzene rings is 1. The molecule has 1 aromatic carbocycles. The Labute approximate surface area is 126 Å². The first-order chi connectivity index (χ1) is 9.40. The van der Waals surface area contributed by atoms with Gasteiger partial charge in [-0.3, -0.25) is 4.98 Å². The number of fused-ring (bicyclic) bond motifs is 1. The van der Waals surface area contributed by atoms with Gasteiger partial charge in [0.15, 0.2) is 0 Å². The predicted molar refractivity (Wildman–Crippen MR) is 86.1 cm³/mol. The zero-order valence-electron chi connectivity index (χ0n) is 11.6. The number of imidazole rings is 1. The standard InChI is InChI=1S/C9H7N.C7H12N2.ClH/c1-2-6-9-8(4-1)5-3-7-10-9;1-2-3-5-9-6-4-8-7-9;/h1-7H;4,6-7H,2-3,5H2,1H3;1H. The Hall–Kier alpha value is -1.87. The first-order valence-corrected chi connectivity index (χ1v) is 6.65. The van der Waals surface area contributed by atoms with Gasteiger partial charge in [-0.2, -0.15) is 0 Å². The van der Waals surface area contributed by atoms with Crippen molar-refractivity contribution in [2.45, 2.75) is 26.3 Å². The summed E-state index contributed by atoms with van der Waals surface area (Å²) in [5.74, 6) is 0. The molecule has 0 amide bonds. The molecule has 2 heterocycles. The largest absolute Gasteiger partial charge is 0.337 e. The first-order valence-electron chi connectivity index (χ1n) is 6.65. The Morgan fingerprint density at radius 1 is 1.05 bits per heavy atom. The number of rotatable bonds is 3. The highest BCUT2D eigenvalue weighted by atomic mass is 35.5. The van der Waals surface area contributed by atoms with Crippen LogP contribution in [0, 0.1) is 0 Å². The number of pyridine rings is 1. The van der Waals surface area contributed by atoms with E-state index in [-0.39, 0.29) is 12.4 Å². The second-order valence-electron chi connectivity index (χ2n) is 4.35. The van der Waals surface area contributed by atoms with Gasteiger partial charge in [0.25, 0.3) is 0 Å². The lowest BCUT2D eigenvalue weighted by Gasteiger charge is -1.96. The Balaban J connectivity index is 0.000000192. The van der Waals surface area contributed by atoms with E-state index in [0.29, 0.717) is 0 Å². The van der Waals surface area contributed by atoms with E-state index in [4.69, 9.17) is 0 Å². The highest BCUT2D eigenvalue weighted by Crippen LogP contribution is 2.07. The Morgan fingerprint density at radius 2 is 1.85 bits per heavy atom. The van der Waals surface area contributed by atoms with Crippen LogP contribution < -0.4 is 0 Å². The van der Waals surface area contributed by atoms with Crippen LogP contribution in [0.1, 0.15) is 19.8 Å². The van der Waals surface area contributed by atoms with Crippen LogP contribution in [0.4, 0.5) is 0 Å². The van der Waals surface area contributed by atoms with Gasteiger partial charge in [0.05, 0.1) is 11.8 Å². The number of nitrogens with zero attached hydrogens (tertiary/aromatic N) is 3. The molecule has 20 heavy (non-hydrogen) atoms. The van der Waals surface area contributed by atoms with Gasteiger partial charge in [-0.15, -0.1) is 12.4 Å². The van der Waals surface area contributed by atoms with Crippen molar-refractivity contribution in [1.82, 2.24) is 14.5 Å². The van der Waals surface area contributed by atoms with Gasteiger partial charge in [0, 0.05) is 30.5 Å². The van der Waals surface area contributed by atoms with Crippen LogP contribution in [0.3, 0.4) is 0 Å². The summed E-state index contributed by atoms with van der Waals surface area (Å²) in [5, 5.41) is 1.20. The molecule has 0 aliphatic heterocycles. The van der Waals surface area contributed by atoms with Gasteiger partial charge >= 0.3 is 0 Å². The average Bonchev–Trinajstić information content (AvgIpc) is 2.99. The van der Waals surface area contributed by atoms with Crippen LogP contribution in [-0.2, 0) is 6.54 Å². The average molecular weight is 290 g/mol. The molecule has 0 radical (unpaired) electrons. The van der Waals surface area contributed by atoms with Gasteiger partial charge in [0.2, 0.25) is 0 Å². The minimum absolute atomic E-state index is 0. The van der Waals surface area contributed by atoms with E-state index >= 15 is 0 Å². The van der Waals surface area contributed by atoms with E-state index in [2.05, 4.69) is 33.6 Å². The quantitative estimate of drug-likeness (QED) is 0.718. The van der Waals surface area contributed by atoms with E-state index < -0.39 is 0 Å². The summed E-state index contributed by atoms with van der Waals surface area (Å²) in [4.78, 5) is 8.12. The van der Waals surface area contributed by atoms with Crippen molar-refractivity contribution in [2.75, 3.05) is 0 Å². The van der Waals surface area contributed by atoms with Gasteiger partial charge in [-0.25, -0.2) is 4.98 Å². The fourth-order valence-corrected chi connectivity index (χ4v) is 1.78. The summed E-state index contributed by atoms with van der Waals surface area (Å²) in [6.45, 7) is 3.30. The summed E-state index contributed by atoms with van der Waals surface area (Å²) >= 11 is 0. The third-order valence-electron chi connectivity index (χ3n) is 2.84. The van der Waals surface area contributed by atoms with Crippen LogP contribution >= 0.6 is 12.4 Å². The van der Waals surface area contributed by atoms with Crippen molar-refractivity contribution in [3.63, 3.8) is 0 Å². The normalized spacial score (nSPS) is 9.45. The molecule has 2 aromatic heterocycles. The van der Waals surface area contributed by atoms with Gasteiger partial charge in [-0.05, 0) is 18.6 Å². The molecule has 3 rings (SSSR count). The number of hydrogen-bond acceptors (Lipinski definition) is 2. The fourth-order valence-electron chi connectivity index (χ4n) is 1.78. The minimum atomic E-state index is 0. The number of aromatic nitrogens is 3. The molecule has 0 atom stereocenters. The van der Waals surface area contributed by atoms with Crippen LogP contribution in [0.25, 0.3) is 10.9 Å². The molecular weight excluding hydrogens is 270 g/mol. The topological polar surface area (TPSA) is 30.7 Å². The molecule has 0 saturated heterocycles. The first kappa shape index (κ1) is 16.2. The van der Waals surface area contributed by atoms with Crippen molar-refractivity contribution in [1.29, 1.82) is 0 Å². The van der Waals surface area contributed by atoms with E-state index in [1.54, 1.807) is 0 Å². The van der Waals surface area contributed by atoms with Crippen molar-refractivity contribution in [3.05, 3.63) is 61.3 Å². The molecule has 0 aliphatic carbocycles. The lowest BCUT2D eigenvalue weighted by molar-refractivity contribution is 0.631. The third kappa shape index (κ3) is 5.02. The molecule has 0 fully saturated rings. The lowest BCUT2D eigenvalue weighted by atomic mass is 10.2. The second-order valence-corrected chi connectivity index (χ2v) is 4.35. The lowest BCUT2D eigenvalue weighted by Crippen LogP contribution is -1.92. The highest BCUT2D eigenvalue weighted by Gasteiger charge is 1.87. The van der Waals surface area contributed by atoms with E-state index in [1.807, 2.05) is 49.2 Å². The molecule has 4 heteroatoms. The zero-order valence-corrected chi connectivity index (χ0v) is 12.5. The Morgan fingerprint density at radius 3 is 2.55 bits per heavy atom. The van der Waals surface area contributed by atoms with E-state index in [9.17, 15) is 0 Å². The summed E-state index contributed by atoms with van der Waals surface area (Å²) in [6, 6.07) is 12.1. The van der Waals surface area contributed by atoms with Crippen molar-refractivity contribution < 1.29 is 0 Å². The molecule has 106 valence electrons. The molecule has 0 saturated carbocycles. The maximum absolute atomic E-state index is 4.18. The predicted octanol–water partition coefficient (Wildman–Crippen LogP) is 4.34. The molecule has 0 aliphatic rings. The smallest absolute Gasteiger partial charge is 0.0945 e. The number of hydrogen-bond donors (Lipinski definition) is 0. The molecule has 3 nitrogen and oxygen atoms in total. The summed E-state index contributed by atoms with van der Waals surface area (Å²) < 4.78 is 2.10. The molecule has 0 spiro atoms. The summed E-state index contributed by atoms with van der Waals surface area (Å²) in [7, 11) is 0. The highest BCUT2D eigenvalue weighted by molar-refractivity contribution is 5.85. The van der Waals surface area contributed by atoms with Crippen LogP contribution in [0.15, 0.2) is 61.3 Å². The van der Waals surface area contributed by atoms with Crippen LogP contribution in [0.2, 0.25) is 0 Å². The maximum Gasteiger partial charge on any atom is 0.0945 e. The number of halogens is 1. The molecule has 3 aromatic rings. The number of aryl methyl sites for hydroxylation is 1. The Kier molecular flexibility index (Phi) is 7.36. The molecule has 0 N–H and O–H groups in total. The van der Waals surface area contributed by atoms with Crippen molar-refractivity contribution in [2.24, 2.45) is 0 Å². The van der Waals surface area contributed by atoms with Gasteiger partial charge in [-0.1, -0.05) is 37.6 Å². The summed E-state index contributed by atoms with van der Waals surface area (Å²) in [6.07, 6.45) is 9.97. The second kappa shape index (κ2) is 9.10. The zero-order chi connectivity index (χ0) is 13.3. The Bertz CT molecular complexity index is 528. The minimum Gasteiger partial charge on any atom is -0.337 e. The van der Waals surface area contributed by atoms with Gasteiger partial charge in [0.1, 0.15) is 0 Å². The van der Waals surface area contributed by atoms with E-state index in [1.165, 1.54) is 18.2 Å². The molecule has 0 bridgehead atoms. The van der Waals surface area contributed by atoms with Gasteiger partial charge < -0.3 is 4.57 Å². The van der Waals surface area contributed by atoms with Crippen LogP contribution in [0.5, 0.6) is 0 Å². The number of unbranched alkanes of at least 4 members (excludes halogenated alkanes) is 1. The maximum atomic E-state index is 4.18. The van der Waals surface area contributed by atoms with E-state index in [0.717, 1.165) is 12.1 Å². The third-order valence-corrected chi connectivity index (χ3v) is 2.84. The monoisotopic (exact) mass is 289 g/mol. The van der Waals surface area contributed by atoms with Crippen molar-refractivity contribution >= 4 is 23.3 Å². The molecule has 0 unspecified atom stereocenters. The SMILES string of the molecule is CCCCn1ccnc1.Cl.c1ccc2ncccc2c1. The summed E-state index contributed by atoms with van der Waals surface area (Å²) in [5.41, 5.74) is 1.06. The number of para-hydroxylation sites is 1.